The summed E-state index contributed by atoms with van der Waals surface area (Å²) in [7, 11) is 3.12. The topological polar surface area (TPSA) is 57.7 Å². The molecule has 0 saturated heterocycles. The Balaban J connectivity index is 2.15. The monoisotopic (exact) mass is 319 g/mol. The van der Waals surface area contributed by atoms with Crippen LogP contribution in [0.5, 0.6) is 11.5 Å². The summed E-state index contributed by atoms with van der Waals surface area (Å²) in [5.41, 5.74) is 1.20. The largest absolute Gasteiger partial charge is 0.493 e. The van der Waals surface area contributed by atoms with E-state index in [2.05, 4.69) is 4.98 Å². The van der Waals surface area contributed by atoms with E-state index in [-0.39, 0.29) is 6.61 Å². The molecule has 0 atom stereocenters. The number of pyridine rings is 1. The second-order valence-corrected chi connectivity index (χ2v) is 5.08. The highest BCUT2D eigenvalue weighted by atomic mass is 32.2. The van der Waals surface area contributed by atoms with Gasteiger partial charge in [-0.2, -0.15) is 0 Å². The minimum absolute atomic E-state index is 0.0991. The van der Waals surface area contributed by atoms with Crippen molar-refractivity contribution < 1.29 is 19.0 Å². The number of methoxy groups -OCH3 is 2. The molecule has 22 heavy (non-hydrogen) atoms. The van der Waals surface area contributed by atoms with Crippen molar-refractivity contribution in [1.29, 1.82) is 0 Å². The zero-order valence-corrected chi connectivity index (χ0v) is 13.5. The molecule has 0 aliphatic carbocycles. The Morgan fingerprint density at radius 3 is 2.68 bits per heavy atom. The van der Waals surface area contributed by atoms with Crippen molar-refractivity contribution in [2.45, 2.75) is 11.6 Å². The lowest BCUT2D eigenvalue weighted by atomic mass is 10.2. The Kier molecular flexibility index (Phi) is 5.66. The number of carbonyl (C=O) groups excluding carboxylic acids is 1. The van der Waals surface area contributed by atoms with Crippen molar-refractivity contribution in [3.05, 3.63) is 47.7 Å². The minimum atomic E-state index is -0.415. The van der Waals surface area contributed by atoms with E-state index in [1.165, 1.54) is 11.8 Å². The highest BCUT2D eigenvalue weighted by Crippen LogP contribution is 2.31. The summed E-state index contributed by atoms with van der Waals surface area (Å²) in [6, 6.07) is 8.85. The molecule has 116 valence electrons. The van der Waals surface area contributed by atoms with Crippen LogP contribution in [0.25, 0.3) is 0 Å². The van der Waals surface area contributed by atoms with Crippen molar-refractivity contribution in [2.75, 3.05) is 20.5 Å². The van der Waals surface area contributed by atoms with Gasteiger partial charge in [-0.25, -0.2) is 9.78 Å². The van der Waals surface area contributed by atoms with E-state index in [4.69, 9.17) is 14.2 Å². The molecule has 0 bridgehead atoms. The molecule has 0 fully saturated rings. The molecule has 0 radical (unpaired) electrons. The highest BCUT2D eigenvalue weighted by Gasteiger charge is 2.15. The fourth-order valence-electron chi connectivity index (χ4n) is 2.00. The molecule has 0 spiro atoms. The van der Waals surface area contributed by atoms with Crippen molar-refractivity contribution >= 4 is 17.7 Å². The Hall–Kier alpha value is -2.21. The molecule has 0 aliphatic heterocycles. The van der Waals surface area contributed by atoms with Gasteiger partial charge in [-0.05, 0) is 24.5 Å². The summed E-state index contributed by atoms with van der Waals surface area (Å²) in [6.07, 6.45) is 3.51. The molecule has 1 aromatic heterocycles. The maximum absolute atomic E-state index is 12.2. The Bertz CT molecular complexity index is 660. The van der Waals surface area contributed by atoms with Crippen molar-refractivity contribution in [1.82, 2.24) is 4.98 Å². The molecule has 2 aromatic rings. The summed E-state index contributed by atoms with van der Waals surface area (Å²) in [4.78, 5) is 16.4. The van der Waals surface area contributed by atoms with E-state index in [0.29, 0.717) is 22.1 Å². The molecule has 5 nitrogen and oxygen atoms in total. The molecule has 0 unspecified atom stereocenters. The third-order valence-corrected chi connectivity index (χ3v) is 3.74. The lowest BCUT2D eigenvalue weighted by molar-refractivity contribution is 0.0464. The Morgan fingerprint density at radius 2 is 2.00 bits per heavy atom. The standard InChI is InChI=1S/C16H17NO4S/c1-19-13-8-4-6-11(14(13)20-2)10-21-16(18)12-7-5-9-17-15(12)22-3/h4-9H,10H2,1-3H3. The number of para-hydroxylation sites is 1. The molecule has 0 aliphatic rings. The lowest BCUT2D eigenvalue weighted by Crippen LogP contribution is -2.08. The molecule has 1 heterocycles. The molecular formula is C16H17NO4S. The van der Waals surface area contributed by atoms with E-state index in [1.807, 2.05) is 18.4 Å². The number of ether oxygens (including phenoxy) is 3. The summed E-state index contributed by atoms with van der Waals surface area (Å²) in [5, 5.41) is 0.644. The zero-order valence-electron chi connectivity index (χ0n) is 12.7. The molecular weight excluding hydrogens is 302 g/mol. The number of rotatable bonds is 6. The van der Waals surface area contributed by atoms with Crippen LogP contribution in [-0.2, 0) is 11.3 Å². The predicted molar refractivity (Wildman–Crippen MR) is 84.7 cm³/mol. The van der Waals surface area contributed by atoms with Gasteiger partial charge in [0.05, 0.1) is 19.8 Å². The van der Waals surface area contributed by atoms with Gasteiger partial charge in [-0.3, -0.25) is 0 Å². The number of benzene rings is 1. The third-order valence-electron chi connectivity index (χ3n) is 3.03. The highest BCUT2D eigenvalue weighted by molar-refractivity contribution is 7.98. The predicted octanol–water partition coefficient (Wildman–Crippen LogP) is 3.18. The Labute approximate surface area is 133 Å². The van der Waals surface area contributed by atoms with Gasteiger partial charge < -0.3 is 14.2 Å². The van der Waals surface area contributed by atoms with Crippen molar-refractivity contribution in [3.63, 3.8) is 0 Å². The first-order chi connectivity index (χ1) is 10.7. The van der Waals surface area contributed by atoms with Crippen LogP contribution in [0.1, 0.15) is 15.9 Å². The van der Waals surface area contributed by atoms with Crippen LogP contribution in [0.2, 0.25) is 0 Å². The van der Waals surface area contributed by atoms with Crippen LogP contribution in [0.3, 0.4) is 0 Å². The average molecular weight is 319 g/mol. The fraction of sp³-hybridized carbons (Fsp3) is 0.250. The van der Waals surface area contributed by atoms with Crippen LogP contribution in [0.15, 0.2) is 41.6 Å². The van der Waals surface area contributed by atoms with Crippen LogP contribution in [-0.4, -0.2) is 31.4 Å². The first kappa shape index (κ1) is 16.2. The van der Waals surface area contributed by atoms with Gasteiger partial charge in [0, 0.05) is 11.8 Å². The number of hydrogen-bond acceptors (Lipinski definition) is 6. The van der Waals surface area contributed by atoms with Gasteiger partial charge in [0.1, 0.15) is 11.6 Å². The third kappa shape index (κ3) is 3.51. The maximum atomic E-state index is 12.2. The van der Waals surface area contributed by atoms with Crippen LogP contribution in [0.4, 0.5) is 0 Å². The van der Waals surface area contributed by atoms with Gasteiger partial charge in [-0.1, -0.05) is 12.1 Å². The van der Waals surface area contributed by atoms with Gasteiger partial charge in [0.15, 0.2) is 11.5 Å². The molecule has 2 rings (SSSR count). The Morgan fingerprint density at radius 1 is 1.18 bits per heavy atom. The van der Waals surface area contributed by atoms with E-state index >= 15 is 0 Å². The number of nitrogens with zero attached hydrogens (tertiary/aromatic N) is 1. The zero-order chi connectivity index (χ0) is 15.9. The first-order valence-corrected chi connectivity index (χ1v) is 7.79. The molecule has 0 amide bonds. The summed E-state index contributed by atoms with van der Waals surface area (Å²) < 4.78 is 15.9. The summed E-state index contributed by atoms with van der Waals surface area (Å²) >= 11 is 1.40. The molecule has 0 N–H and O–H groups in total. The first-order valence-electron chi connectivity index (χ1n) is 6.57. The van der Waals surface area contributed by atoms with Crippen molar-refractivity contribution in [2.24, 2.45) is 0 Å². The number of esters is 1. The van der Waals surface area contributed by atoms with E-state index in [9.17, 15) is 4.79 Å². The van der Waals surface area contributed by atoms with Crippen molar-refractivity contribution in [3.8, 4) is 11.5 Å². The number of hydrogen-bond donors (Lipinski definition) is 0. The maximum Gasteiger partial charge on any atom is 0.341 e. The number of carbonyl (C=O) groups is 1. The quantitative estimate of drug-likeness (QED) is 0.602. The molecule has 1 aromatic carbocycles. The fourth-order valence-corrected chi connectivity index (χ4v) is 2.53. The summed E-state index contributed by atoms with van der Waals surface area (Å²) in [5.74, 6) is 0.749. The van der Waals surface area contributed by atoms with E-state index in [0.717, 1.165) is 5.56 Å². The van der Waals surface area contributed by atoms with Gasteiger partial charge >= 0.3 is 5.97 Å². The normalized spacial score (nSPS) is 10.1. The molecule has 0 saturated carbocycles. The lowest BCUT2D eigenvalue weighted by Gasteiger charge is -2.13. The second kappa shape index (κ2) is 7.70. The van der Waals surface area contributed by atoms with Gasteiger partial charge in [0.25, 0.3) is 0 Å². The summed E-state index contributed by atoms with van der Waals surface area (Å²) in [6.45, 7) is 0.0991. The van der Waals surface area contributed by atoms with Crippen LogP contribution in [0, 0.1) is 0 Å². The van der Waals surface area contributed by atoms with E-state index < -0.39 is 5.97 Å². The van der Waals surface area contributed by atoms with Gasteiger partial charge in [-0.15, -0.1) is 11.8 Å². The van der Waals surface area contributed by atoms with E-state index in [1.54, 1.807) is 38.6 Å². The average Bonchev–Trinajstić information content (AvgIpc) is 2.58. The SMILES string of the molecule is COc1cccc(COC(=O)c2cccnc2SC)c1OC. The van der Waals surface area contributed by atoms with Crippen LogP contribution < -0.4 is 9.47 Å². The molecule has 6 heteroatoms. The second-order valence-electron chi connectivity index (χ2n) is 4.29. The minimum Gasteiger partial charge on any atom is -0.493 e. The number of aromatic nitrogens is 1. The smallest absolute Gasteiger partial charge is 0.341 e. The number of thioether (sulfide) groups is 1. The van der Waals surface area contributed by atoms with Crippen LogP contribution >= 0.6 is 11.8 Å². The van der Waals surface area contributed by atoms with Gasteiger partial charge in [0.2, 0.25) is 0 Å².